The Kier molecular flexibility index (Phi) is 4.65. The van der Waals surface area contributed by atoms with Gasteiger partial charge in [-0.05, 0) is 36.8 Å². The van der Waals surface area contributed by atoms with Crippen molar-refractivity contribution in [2.45, 2.75) is 23.9 Å². The second kappa shape index (κ2) is 7.06. The molecule has 0 radical (unpaired) electrons. The van der Waals surface area contributed by atoms with Crippen molar-refractivity contribution in [2.75, 3.05) is 6.26 Å². The average molecular weight is 425 g/mol. The van der Waals surface area contributed by atoms with Crippen LogP contribution in [-0.2, 0) is 26.7 Å². The van der Waals surface area contributed by atoms with Gasteiger partial charge in [-0.2, -0.15) is 15.0 Å². The summed E-state index contributed by atoms with van der Waals surface area (Å²) < 4.78 is 23.3. The lowest BCUT2D eigenvalue weighted by Gasteiger charge is -2.22. The van der Waals surface area contributed by atoms with E-state index in [9.17, 15) is 18.0 Å². The van der Waals surface area contributed by atoms with Gasteiger partial charge in [0.1, 0.15) is 11.2 Å². The zero-order valence-electron chi connectivity index (χ0n) is 16.3. The smallest absolute Gasteiger partial charge is 0.319 e. The molecule has 3 amide bonds. The molecule has 0 unspecified atom stereocenters. The van der Waals surface area contributed by atoms with Crippen LogP contribution in [0.3, 0.4) is 0 Å². The standard InChI is InChI=1S/C20H19N5O4S/c1-20(14-8-10-17(11-9-14)30(2,28)29)18(26)24(19(27)22-20)13-15-12-21-25(23-15)16-6-4-3-5-7-16/h3-12H,13H2,1-2H3,(H,22,27)/t20-/m0/s1. The van der Waals surface area contributed by atoms with E-state index in [2.05, 4.69) is 15.5 Å². The van der Waals surface area contributed by atoms with Crippen molar-refractivity contribution in [3.05, 3.63) is 72.1 Å². The van der Waals surface area contributed by atoms with Gasteiger partial charge in [-0.15, -0.1) is 0 Å². The number of nitrogens with one attached hydrogen (secondary N) is 1. The van der Waals surface area contributed by atoms with E-state index in [4.69, 9.17) is 0 Å². The topological polar surface area (TPSA) is 114 Å². The fourth-order valence-corrected chi connectivity index (χ4v) is 3.92. The molecule has 154 valence electrons. The quantitative estimate of drug-likeness (QED) is 0.622. The Labute approximate surface area is 173 Å². The fourth-order valence-electron chi connectivity index (χ4n) is 3.29. The van der Waals surface area contributed by atoms with Crippen molar-refractivity contribution in [2.24, 2.45) is 0 Å². The largest absolute Gasteiger partial charge is 0.325 e. The normalized spacial score (nSPS) is 19.2. The first-order valence-electron chi connectivity index (χ1n) is 9.10. The van der Waals surface area contributed by atoms with Crippen LogP contribution in [0.4, 0.5) is 4.79 Å². The molecule has 3 aromatic rings. The highest BCUT2D eigenvalue weighted by atomic mass is 32.2. The number of rotatable bonds is 5. The average Bonchev–Trinajstić information content (AvgIpc) is 3.27. The van der Waals surface area contributed by atoms with Gasteiger partial charge in [-0.1, -0.05) is 30.3 Å². The van der Waals surface area contributed by atoms with Crippen LogP contribution in [0, 0.1) is 0 Å². The number of carbonyl (C=O) groups excluding carboxylic acids is 2. The van der Waals surface area contributed by atoms with Crippen LogP contribution in [0.15, 0.2) is 65.7 Å². The predicted octanol–water partition coefficient (Wildman–Crippen LogP) is 1.64. The van der Waals surface area contributed by atoms with Crippen molar-refractivity contribution in [1.29, 1.82) is 0 Å². The third-order valence-electron chi connectivity index (χ3n) is 4.98. The van der Waals surface area contributed by atoms with Crippen LogP contribution < -0.4 is 5.32 Å². The number of hydrogen-bond acceptors (Lipinski definition) is 6. The van der Waals surface area contributed by atoms with Crippen LogP contribution >= 0.6 is 0 Å². The van der Waals surface area contributed by atoms with E-state index in [0.29, 0.717) is 11.3 Å². The van der Waals surface area contributed by atoms with Crippen molar-refractivity contribution >= 4 is 21.8 Å². The number of para-hydroxylation sites is 1. The predicted molar refractivity (Wildman–Crippen MR) is 107 cm³/mol. The minimum absolute atomic E-state index is 0.0332. The van der Waals surface area contributed by atoms with E-state index in [1.807, 2.05) is 30.3 Å². The van der Waals surface area contributed by atoms with Crippen molar-refractivity contribution < 1.29 is 18.0 Å². The van der Waals surface area contributed by atoms with Gasteiger partial charge in [0, 0.05) is 6.26 Å². The molecule has 0 aliphatic carbocycles. The number of sulfone groups is 1. The molecule has 2 heterocycles. The highest BCUT2D eigenvalue weighted by Crippen LogP contribution is 2.30. The maximum atomic E-state index is 13.1. The second-order valence-electron chi connectivity index (χ2n) is 7.20. The summed E-state index contributed by atoms with van der Waals surface area (Å²) in [4.78, 5) is 28.2. The zero-order chi connectivity index (χ0) is 21.5. The summed E-state index contributed by atoms with van der Waals surface area (Å²) in [7, 11) is -3.36. The summed E-state index contributed by atoms with van der Waals surface area (Å²) in [5.74, 6) is -0.450. The number of urea groups is 1. The van der Waals surface area contributed by atoms with Crippen LogP contribution in [0.5, 0.6) is 0 Å². The Morgan fingerprint density at radius 2 is 1.70 bits per heavy atom. The van der Waals surface area contributed by atoms with Crippen LogP contribution in [-0.4, -0.2) is 46.5 Å². The van der Waals surface area contributed by atoms with Crippen LogP contribution in [0.1, 0.15) is 18.2 Å². The first kappa shape index (κ1) is 19.8. The summed E-state index contributed by atoms with van der Waals surface area (Å²) in [6, 6.07) is 14.6. The van der Waals surface area contributed by atoms with Gasteiger partial charge in [0.15, 0.2) is 9.84 Å². The van der Waals surface area contributed by atoms with E-state index in [-0.39, 0.29) is 11.4 Å². The first-order chi connectivity index (χ1) is 14.2. The SMILES string of the molecule is C[C@@]1(c2ccc(S(C)(=O)=O)cc2)NC(=O)N(Cc2cnn(-c3ccccc3)n2)C1=O. The molecule has 0 saturated carbocycles. The molecule has 0 spiro atoms. The summed E-state index contributed by atoms with van der Waals surface area (Å²) in [5.41, 5.74) is 0.405. The maximum absolute atomic E-state index is 13.1. The second-order valence-corrected chi connectivity index (χ2v) is 9.22. The van der Waals surface area contributed by atoms with E-state index in [1.54, 1.807) is 6.92 Å². The number of aromatic nitrogens is 3. The number of nitrogens with zero attached hydrogens (tertiary/aromatic N) is 4. The molecule has 9 nitrogen and oxygen atoms in total. The molecule has 1 aromatic heterocycles. The van der Waals surface area contributed by atoms with Crippen molar-refractivity contribution in [3.63, 3.8) is 0 Å². The Morgan fingerprint density at radius 1 is 1.03 bits per heavy atom. The zero-order valence-corrected chi connectivity index (χ0v) is 17.1. The lowest BCUT2D eigenvalue weighted by Crippen LogP contribution is -2.40. The molecule has 2 aromatic carbocycles. The van der Waals surface area contributed by atoms with Gasteiger partial charge < -0.3 is 5.32 Å². The molecule has 1 aliphatic rings. The van der Waals surface area contributed by atoms with Crippen molar-refractivity contribution in [3.8, 4) is 5.69 Å². The Morgan fingerprint density at radius 3 is 2.33 bits per heavy atom. The lowest BCUT2D eigenvalue weighted by atomic mass is 9.92. The maximum Gasteiger partial charge on any atom is 0.325 e. The molecular weight excluding hydrogens is 406 g/mol. The van der Waals surface area contributed by atoms with Gasteiger partial charge in [0.05, 0.1) is 23.3 Å². The van der Waals surface area contributed by atoms with E-state index >= 15 is 0 Å². The molecule has 0 bridgehead atoms. The molecule has 1 atom stereocenters. The Hall–Kier alpha value is -3.53. The Balaban J connectivity index is 1.56. The van der Waals surface area contributed by atoms with E-state index in [0.717, 1.165) is 16.8 Å². The highest BCUT2D eigenvalue weighted by Gasteiger charge is 2.49. The molecule has 4 rings (SSSR count). The lowest BCUT2D eigenvalue weighted by molar-refractivity contribution is -0.131. The van der Waals surface area contributed by atoms with Crippen molar-refractivity contribution in [1.82, 2.24) is 25.2 Å². The molecular formula is C20H19N5O4S. The van der Waals surface area contributed by atoms with E-state index in [1.165, 1.54) is 35.3 Å². The summed E-state index contributed by atoms with van der Waals surface area (Å²) in [6.07, 6.45) is 2.61. The highest BCUT2D eigenvalue weighted by molar-refractivity contribution is 7.90. The molecule has 1 N–H and O–H groups in total. The van der Waals surface area contributed by atoms with E-state index < -0.39 is 27.3 Å². The third-order valence-corrected chi connectivity index (χ3v) is 6.11. The van der Waals surface area contributed by atoms with Gasteiger partial charge in [0.2, 0.25) is 0 Å². The minimum Gasteiger partial charge on any atom is -0.319 e. The summed E-state index contributed by atoms with van der Waals surface area (Å²) >= 11 is 0. The van der Waals surface area contributed by atoms with Gasteiger partial charge in [0.25, 0.3) is 5.91 Å². The molecule has 30 heavy (non-hydrogen) atoms. The number of carbonyl (C=O) groups is 2. The van der Waals surface area contributed by atoms with Gasteiger partial charge >= 0.3 is 6.03 Å². The minimum atomic E-state index is -3.36. The third kappa shape index (κ3) is 3.45. The van der Waals surface area contributed by atoms with Crippen LogP contribution in [0.2, 0.25) is 0 Å². The number of hydrogen-bond donors (Lipinski definition) is 1. The Bertz CT molecular complexity index is 1220. The number of imide groups is 1. The van der Waals surface area contributed by atoms with Gasteiger partial charge in [-0.25, -0.2) is 13.2 Å². The molecule has 1 aliphatic heterocycles. The summed E-state index contributed by atoms with van der Waals surface area (Å²) in [5, 5.41) is 11.2. The van der Waals surface area contributed by atoms with Crippen LogP contribution in [0.25, 0.3) is 5.69 Å². The van der Waals surface area contributed by atoms with Gasteiger partial charge in [-0.3, -0.25) is 9.69 Å². The number of benzene rings is 2. The number of amides is 3. The molecule has 1 saturated heterocycles. The molecule has 10 heteroatoms. The fraction of sp³-hybridized carbons (Fsp3) is 0.200. The monoisotopic (exact) mass is 425 g/mol. The first-order valence-corrected chi connectivity index (χ1v) is 11.0. The summed E-state index contributed by atoms with van der Waals surface area (Å²) in [6.45, 7) is 1.55. The molecule has 1 fully saturated rings.